The Morgan fingerprint density at radius 1 is 1.20 bits per heavy atom. The first-order valence-corrected chi connectivity index (χ1v) is 10.4. The van der Waals surface area contributed by atoms with Gasteiger partial charge in [-0.05, 0) is 36.6 Å². The van der Waals surface area contributed by atoms with Gasteiger partial charge >= 0.3 is 15.6 Å². The van der Waals surface area contributed by atoms with Crippen LogP contribution >= 0.6 is 23.2 Å². The molecule has 0 saturated carbocycles. The zero-order chi connectivity index (χ0) is 22.7. The topological polar surface area (TPSA) is 94.5 Å². The number of rotatable bonds is 7. The molecule has 1 aromatic carbocycles. The van der Waals surface area contributed by atoms with Gasteiger partial charge in [-0.2, -0.15) is 21.6 Å². The molecule has 1 amide bonds. The predicted octanol–water partition coefficient (Wildman–Crippen LogP) is 3.28. The fraction of sp³-hybridized carbons (Fsp3) is 0.294. The number of nitrogens with one attached hydrogen (secondary N) is 1. The van der Waals surface area contributed by atoms with E-state index in [4.69, 9.17) is 23.2 Å². The first-order chi connectivity index (χ1) is 13.8. The highest BCUT2D eigenvalue weighted by Crippen LogP contribution is 2.27. The summed E-state index contributed by atoms with van der Waals surface area (Å²) in [5.74, 6) is -2.20. The zero-order valence-electron chi connectivity index (χ0n) is 15.3. The van der Waals surface area contributed by atoms with Crippen LogP contribution in [0.2, 0.25) is 10.0 Å². The molecule has 0 unspecified atom stereocenters. The fourth-order valence-corrected chi connectivity index (χ4v) is 3.10. The molecule has 0 aliphatic rings. The molecule has 13 heteroatoms. The van der Waals surface area contributed by atoms with Crippen LogP contribution in [0.4, 0.5) is 13.2 Å². The highest BCUT2D eigenvalue weighted by atomic mass is 35.5. The number of carbonyl (C=O) groups excluding carboxylic acids is 1. The SMILES string of the molecule is Cn1ccc(C(=O)NCCCc2ccc(Cl)c(Cl)c2)c(OS(=O)(=O)C(F)(F)F)c1=O. The molecule has 30 heavy (non-hydrogen) atoms. The second-order valence-corrected chi connectivity index (χ2v) is 8.42. The number of benzene rings is 1. The van der Waals surface area contributed by atoms with E-state index in [9.17, 15) is 31.2 Å². The van der Waals surface area contributed by atoms with Crippen LogP contribution in [0.1, 0.15) is 22.3 Å². The number of amides is 1. The van der Waals surface area contributed by atoms with Gasteiger partial charge in [0.25, 0.3) is 11.5 Å². The summed E-state index contributed by atoms with van der Waals surface area (Å²) >= 11 is 11.7. The summed E-state index contributed by atoms with van der Waals surface area (Å²) in [5.41, 5.74) is -6.78. The molecule has 0 spiro atoms. The fourth-order valence-electron chi connectivity index (χ4n) is 2.31. The Morgan fingerprint density at radius 2 is 1.87 bits per heavy atom. The Kier molecular flexibility index (Phi) is 7.43. The number of halogens is 5. The number of alkyl halides is 3. The zero-order valence-corrected chi connectivity index (χ0v) is 17.6. The van der Waals surface area contributed by atoms with E-state index in [0.717, 1.165) is 29.4 Å². The van der Waals surface area contributed by atoms with Gasteiger partial charge in [0.1, 0.15) is 0 Å². The normalized spacial score (nSPS) is 11.9. The number of aromatic nitrogens is 1. The lowest BCUT2D eigenvalue weighted by Gasteiger charge is -2.13. The summed E-state index contributed by atoms with van der Waals surface area (Å²) < 4.78 is 65.1. The molecule has 164 valence electrons. The average Bonchev–Trinajstić information content (AvgIpc) is 2.64. The van der Waals surface area contributed by atoms with Crippen LogP contribution in [0.25, 0.3) is 0 Å². The van der Waals surface area contributed by atoms with Gasteiger partial charge in [-0.1, -0.05) is 29.3 Å². The molecule has 1 N–H and O–H groups in total. The Hall–Kier alpha value is -2.24. The Labute approximate surface area is 179 Å². The van der Waals surface area contributed by atoms with Crippen molar-refractivity contribution in [3.63, 3.8) is 0 Å². The molecule has 2 rings (SSSR count). The molecular weight excluding hydrogens is 472 g/mol. The van der Waals surface area contributed by atoms with Gasteiger partial charge in [-0.15, -0.1) is 0 Å². The van der Waals surface area contributed by atoms with Crippen molar-refractivity contribution in [1.29, 1.82) is 0 Å². The summed E-state index contributed by atoms with van der Waals surface area (Å²) in [6.45, 7) is 0.0831. The van der Waals surface area contributed by atoms with Crippen LogP contribution in [-0.2, 0) is 23.6 Å². The van der Waals surface area contributed by atoms with E-state index in [-0.39, 0.29) is 6.54 Å². The quantitative estimate of drug-likeness (QED) is 0.368. The van der Waals surface area contributed by atoms with E-state index in [1.54, 1.807) is 18.2 Å². The second kappa shape index (κ2) is 9.27. The van der Waals surface area contributed by atoms with Gasteiger partial charge in [0.05, 0.1) is 15.6 Å². The van der Waals surface area contributed by atoms with Gasteiger partial charge in [0, 0.05) is 19.8 Å². The second-order valence-electron chi connectivity index (χ2n) is 6.07. The van der Waals surface area contributed by atoms with Gasteiger partial charge in [-0.3, -0.25) is 9.59 Å². The van der Waals surface area contributed by atoms with E-state index in [1.807, 2.05) is 0 Å². The van der Waals surface area contributed by atoms with Crippen LogP contribution in [0.15, 0.2) is 35.3 Å². The molecule has 0 aliphatic heterocycles. The number of aryl methyl sites for hydroxylation is 2. The maximum atomic E-state index is 12.6. The molecule has 0 aliphatic carbocycles. The van der Waals surface area contributed by atoms with Crippen molar-refractivity contribution in [2.75, 3.05) is 6.54 Å². The van der Waals surface area contributed by atoms with Crippen molar-refractivity contribution in [3.8, 4) is 5.75 Å². The number of hydrogen-bond acceptors (Lipinski definition) is 5. The molecule has 0 bridgehead atoms. The predicted molar refractivity (Wildman–Crippen MR) is 104 cm³/mol. The molecule has 1 aromatic heterocycles. The van der Waals surface area contributed by atoms with Crippen molar-refractivity contribution < 1.29 is 30.6 Å². The highest BCUT2D eigenvalue weighted by molar-refractivity contribution is 7.88. The minimum Gasteiger partial charge on any atom is -0.369 e. The standard InChI is InChI=1S/C17H15Cl2F3N2O5S/c1-24-8-6-11(14(16(24)26)29-30(27,28)17(20,21)22)15(25)23-7-2-3-10-4-5-12(18)13(19)9-10/h4-6,8-9H,2-3,7H2,1H3,(H,23,25). The Bertz CT molecular complexity index is 1120. The van der Waals surface area contributed by atoms with Gasteiger partial charge in [0.15, 0.2) is 0 Å². The molecular formula is C17H15Cl2F3N2O5S. The summed E-state index contributed by atoms with van der Waals surface area (Å²) in [6, 6.07) is 5.99. The smallest absolute Gasteiger partial charge is 0.369 e. The van der Waals surface area contributed by atoms with Crippen molar-refractivity contribution in [2.45, 2.75) is 18.3 Å². The van der Waals surface area contributed by atoms with E-state index in [0.29, 0.717) is 22.9 Å². The van der Waals surface area contributed by atoms with E-state index in [2.05, 4.69) is 9.50 Å². The third-order valence-electron chi connectivity index (χ3n) is 3.86. The lowest BCUT2D eigenvalue weighted by atomic mass is 10.1. The van der Waals surface area contributed by atoms with Crippen LogP contribution < -0.4 is 15.1 Å². The summed E-state index contributed by atoms with van der Waals surface area (Å²) in [6.07, 6.45) is 2.02. The molecule has 0 radical (unpaired) electrons. The summed E-state index contributed by atoms with van der Waals surface area (Å²) in [7, 11) is -4.97. The molecule has 0 fully saturated rings. The average molecular weight is 487 g/mol. The third kappa shape index (κ3) is 5.67. The van der Waals surface area contributed by atoms with Crippen molar-refractivity contribution in [2.24, 2.45) is 7.05 Å². The highest BCUT2D eigenvalue weighted by Gasteiger charge is 2.49. The maximum Gasteiger partial charge on any atom is 0.534 e. The first-order valence-electron chi connectivity index (χ1n) is 8.26. The minimum absolute atomic E-state index is 0.0831. The van der Waals surface area contributed by atoms with E-state index in [1.165, 1.54) is 0 Å². The monoisotopic (exact) mass is 486 g/mol. The van der Waals surface area contributed by atoms with Gasteiger partial charge < -0.3 is 14.1 Å². The number of carbonyl (C=O) groups is 1. The van der Waals surface area contributed by atoms with Crippen LogP contribution in [-0.4, -0.2) is 30.9 Å². The Morgan fingerprint density at radius 3 is 2.47 bits per heavy atom. The molecule has 7 nitrogen and oxygen atoms in total. The minimum atomic E-state index is -6.13. The van der Waals surface area contributed by atoms with Crippen molar-refractivity contribution in [1.82, 2.24) is 9.88 Å². The molecule has 1 heterocycles. The lowest BCUT2D eigenvalue weighted by Crippen LogP contribution is -2.34. The molecule has 0 atom stereocenters. The van der Waals surface area contributed by atoms with E-state index >= 15 is 0 Å². The molecule has 0 saturated heterocycles. The van der Waals surface area contributed by atoms with Crippen molar-refractivity contribution in [3.05, 3.63) is 62.0 Å². The lowest BCUT2D eigenvalue weighted by molar-refractivity contribution is -0.0500. The van der Waals surface area contributed by atoms with Crippen molar-refractivity contribution >= 4 is 39.2 Å². The number of pyridine rings is 1. The van der Waals surface area contributed by atoms with Crippen LogP contribution in [0.5, 0.6) is 5.75 Å². The third-order valence-corrected chi connectivity index (χ3v) is 5.55. The number of hydrogen-bond donors (Lipinski definition) is 1. The number of nitrogens with zero attached hydrogens (tertiary/aromatic N) is 1. The maximum absolute atomic E-state index is 12.6. The first kappa shape index (κ1) is 24.0. The largest absolute Gasteiger partial charge is 0.534 e. The van der Waals surface area contributed by atoms with Crippen LogP contribution in [0, 0.1) is 0 Å². The van der Waals surface area contributed by atoms with Gasteiger partial charge in [0.2, 0.25) is 5.75 Å². The van der Waals surface area contributed by atoms with E-state index < -0.39 is 38.4 Å². The molecule has 2 aromatic rings. The Balaban J connectivity index is 2.12. The summed E-state index contributed by atoms with van der Waals surface area (Å²) in [4.78, 5) is 24.4. The van der Waals surface area contributed by atoms with Crippen LogP contribution in [0.3, 0.4) is 0 Å². The summed E-state index contributed by atoms with van der Waals surface area (Å²) in [5, 5.41) is 3.16. The van der Waals surface area contributed by atoms with Gasteiger partial charge in [-0.25, -0.2) is 0 Å².